The number of hydrogen-bond donors (Lipinski definition) is 4. The molecule has 6 heterocycles. The minimum Gasteiger partial charge on any atom is -0.496 e. The average molecular weight is 765 g/mol. The largest absolute Gasteiger partial charge is 0.496 e. The zero-order valence-electron chi connectivity index (χ0n) is 32.5. The van der Waals surface area contributed by atoms with Crippen LogP contribution >= 0.6 is 0 Å². The van der Waals surface area contributed by atoms with Gasteiger partial charge in [0.15, 0.2) is 5.60 Å². The molecular formula is C42H50N7O7. The number of rotatable bonds is 5. The number of anilines is 1. The van der Waals surface area contributed by atoms with Gasteiger partial charge in [0.1, 0.15) is 17.3 Å². The molecule has 10 atom stereocenters. The summed E-state index contributed by atoms with van der Waals surface area (Å²) in [6.45, 7) is 6.78. The minimum atomic E-state index is -2.49. The number of methoxy groups -OCH3 is 2. The first kappa shape index (κ1) is 37.2. The summed E-state index contributed by atoms with van der Waals surface area (Å²) in [5.74, 6) is -1.45. The lowest BCUT2D eigenvalue weighted by Crippen LogP contribution is -2.80. The van der Waals surface area contributed by atoms with Crippen LogP contribution in [0.4, 0.5) is 5.69 Å². The molecule has 1 amide bonds. The SMILES string of the molecule is CC[C@]12C=CCN3CCC4(c5cc([C@@]6(C(=O)OC)CC7[CH][C@](C)(O)CN(CCc8c6[nH]c6ccccc86)C7)c(OC)cc5N(C)C4[C@@](O)(C(=O)N=[N+]=[N-])[C@@H]1O)C32. The fraction of sp³-hybridized carbons (Fsp3) is 0.548. The number of benzene rings is 2. The minimum absolute atomic E-state index is 0.240. The Labute approximate surface area is 325 Å². The molecule has 9 rings (SSSR count). The molecular weight excluding hydrogens is 715 g/mol. The highest BCUT2D eigenvalue weighted by molar-refractivity contribution is 5.95. The van der Waals surface area contributed by atoms with Crippen molar-refractivity contribution in [1.29, 1.82) is 0 Å². The summed E-state index contributed by atoms with van der Waals surface area (Å²) in [4.78, 5) is 42.1. The number of hydrogen-bond acceptors (Lipinski definition) is 10. The Kier molecular flexibility index (Phi) is 8.32. The van der Waals surface area contributed by atoms with E-state index in [1.165, 1.54) is 7.11 Å². The number of nitrogens with zero attached hydrogens (tertiary/aromatic N) is 6. The molecule has 5 aliphatic heterocycles. The fourth-order valence-corrected chi connectivity index (χ4v) is 12.8. The first-order valence-corrected chi connectivity index (χ1v) is 19.6. The number of carbonyl (C=O) groups excluding carboxylic acids is 2. The number of para-hydroxylation sites is 1. The molecule has 3 aromatic rings. The van der Waals surface area contributed by atoms with Gasteiger partial charge in [0, 0.05) is 88.9 Å². The first-order chi connectivity index (χ1) is 26.8. The Morgan fingerprint density at radius 1 is 1.12 bits per heavy atom. The second-order valence-electron chi connectivity index (χ2n) is 17.3. The maximum atomic E-state index is 15.2. The molecule has 2 aromatic carbocycles. The molecule has 3 fully saturated rings. The van der Waals surface area contributed by atoms with Crippen molar-refractivity contribution in [3.63, 3.8) is 0 Å². The van der Waals surface area contributed by atoms with E-state index < -0.39 is 51.5 Å². The van der Waals surface area contributed by atoms with E-state index in [0.717, 1.165) is 22.0 Å². The van der Waals surface area contributed by atoms with Crippen LogP contribution in [0.2, 0.25) is 0 Å². The third-order valence-electron chi connectivity index (χ3n) is 14.6. The summed E-state index contributed by atoms with van der Waals surface area (Å²) in [5, 5.41) is 41.3. The van der Waals surface area contributed by atoms with E-state index in [1.807, 2.05) is 67.7 Å². The number of aliphatic hydroxyl groups is 3. The van der Waals surface area contributed by atoms with Crippen LogP contribution in [0.1, 0.15) is 55.5 Å². The number of aliphatic hydroxyl groups excluding tert-OH is 1. The number of amides is 1. The van der Waals surface area contributed by atoms with Gasteiger partial charge in [-0.25, -0.2) is 0 Å². The van der Waals surface area contributed by atoms with Gasteiger partial charge < -0.3 is 34.7 Å². The number of esters is 1. The normalized spacial score (nSPS) is 38.3. The summed E-state index contributed by atoms with van der Waals surface area (Å²) in [5.41, 5.74) is 7.00. The Balaban J connectivity index is 1.37. The van der Waals surface area contributed by atoms with Crippen LogP contribution in [-0.2, 0) is 31.6 Å². The molecule has 14 nitrogen and oxygen atoms in total. The van der Waals surface area contributed by atoms with Gasteiger partial charge in [-0.15, -0.1) is 0 Å². The molecule has 5 unspecified atom stereocenters. The van der Waals surface area contributed by atoms with Crippen LogP contribution in [0.5, 0.6) is 5.75 Å². The quantitative estimate of drug-likeness (QED) is 0.0985. The van der Waals surface area contributed by atoms with Crippen LogP contribution in [0, 0.1) is 17.8 Å². The van der Waals surface area contributed by atoms with Gasteiger partial charge in [-0.3, -0.25) is 19.4 Å². The van der Waals surface area contributed by atoms with Crippen molar-refractivity contribution in [2.24, 2.45) is 16.4 Å². The molecule has 2 saturated heterocycles. The Bertz CT molecular complexity index is 2230. The molecule has 2 bridgehead atoms. The Hall–Kier alpha value is -4.43. The van der Waals surface area contributed by atoms with Gasteiger partial charge >= 0.3 is 5.97 Å². The average Bonchev–Trinajstić information content (AvgIpc) is 3.84. The van der Waals surface area contributed by atoms with Crippen molar-refractivity contribution in [2.75, 3.05) is 58.9 Å². The molecule has 295 valence electrons. The summed E-state index contributed by atoms with van der Waals surface area (Å²) < 4.78 is 12.1. The molecule has 1 saturated carbocycles. The van der Waals surface area contributed by atoms with Crippen molar-refractivity contribution < 1.29 is 34.4 Å². The predicted octanol–water partition coefficient (Wildman–Crippen LogP) is 3.51. The second-order valence-corrected chi connectivity index (χ2v) is 17.3. The van der Waals surface area contributed by atoms with Crippen molar-refractivity contribution in [1.82, 2.24) is 14.8 Å². The van der Waals surface area contributed by atoms with Crippen molar-refractivity contribution in [3.8, 4) is 5.75 Å². The first-order valence-electron chi connectivity index (χ1n) is 19.6. The van der Waals surface area contributed by atoms with E-state index in [2.05, 4.69) is 30.9 Å². The topological polar surface area (TPSA) is 188 Å². The molecule has 14 heteroatoms. The van der Waals surface area contributed by atoms with E-state index in [1.54, 1.807) is 14.2 Å². The van der Waals surface area contributed by atoms with Crippen molar-refractivity contribution in [3.05, 3.63) is 87.8 Å². The van der Waals surface area contributed by atoms with Crippen molar-refractivity contribution in [2.45, 2.75) is 79.8 Å². The van der Waals surface area contributed by atoms with E-state index >= 15 is 4.79 Å². The van der Waals surface area contributed by atoms with Gasteiger partial charge in [0.25, 0.3) is 5.91 Å². The lowest BCUT2D eigenvalue weighted by Gasteiger charge is -2.63. The fourth-order valence-electron chi connectivity index (χ4n) is 12.8. The number of fused-ring (bicyclic) bond motifs is 6. The highest BCUT2D eigenvalue weighted by Crippen LogP contribution is 2.67. The maximum absolute atomic E-state index is 15.2. The number of aromatic amines is 1. The van der Waals surface area contributed by atoms with Crippen LogP contribution in [0.3, 0.4) is 0 Å². The monoisotopic (exact) mass is 764 g/mol. The molecule has 1 aliphatic carbocycles. The zero-order valence-corrected chi connectivity index (χ0v) is 32.5. The summed E-state index contributed by atoms with van der Waals surface area (Å²) in [7, 11) is 4.75. The second kappa shape index (κ2) is 12.5. The van der Waals surface area contributed by atoms with E-state index in [0.29, 0.717) is 74.7 Å². The lowest BCUT2D eigenvalue weighted by atomic mass is 9.47. The summed E-state index contributed by atoms with van der Waals surface area (Å²) in [6.07, 6.45) is 6.07. The van der Waals surface area contributed by atoms with Gasteiger partial charge in [-0.2, -0.15) is 0 Å². The predicted molar refractivity (Wildman–Crippen MR) is 208 cm³/mol. The standard InChI is InChI=1S/C42H50N7O7/c1-6-39-13-9-15-49-17-14-40(33(39)49)27-18-28(31(55-4)19-30(27)47(3)34(40)42(54,35(39)50)36(51)45-46-43)41(37(52)56-5)21-24-20-38(2,53)23-48(22-24)16-12-26-25-10-7-8-11-29(25)44-32(26)41/h7-11,13,18-20,24,33-35,44,50,53-54H,6,12,14-17,21-23H2,1-5H3/t24?,33?,34?,35-,38+,39-,40?,41+,42+/m1/s1. The van der Waals surface area contributed by atoms with Gasteiger partial charge in [-0.05, 0) is 85.4 Å². The van der Waals surface area contributed by atoms with Crippen LogP contribution in [0.15, 0.2) is 53.7 Å². The maximum Gasteiger partial charge on any atom is 0.322 e. The van der Waals surface area contributed by atoms with E-state index in [-0.39, 0.29) is 18.4 Å². The van der Waals surface area contributed by atoms with Gasteiger partial charge in [-0.1, -0.05) is 37.3 Å². The Morgan fingerprint density at radius 3 is 2.64 bits per heavy atom. The highest BCUT2D eigenvalue weighted by Gasteiger charge is 2.78. The van der Waals surface area contributed by atoms with E-state index in [4.69, 9.17) is 9.47 Å². The number of piperidine rings is 1. The molecule has 1 spiro atoms. The molecule has 1 radical (unpaired) electrons. The number of likely N-dealkylation sites (N-methyl/N-ethyl adjacent to an activating group) is 1. The highest BCUT2D eigenvalue weighted by atomic mass is 16.5. The zero-order chi connectivity index (χ0) is 39.6. The molecule has 1 aromatic heterocycles. The molecule has 4 N–H and O–H groups in total. The number of ether oxygens (including phenoxy) is 2. The summed E-state index contributed by atoms with van der Waals surface area (Å²) in [6, 6.07) is 10.6. The van der Waals surface area contributed by atoms with Crippen LogP contribution in [0.25, 0.3) is 21.3 Å². The van der Waals surface area contributed by atoms with Crippen LogP contribution < -0.4 is 9.64 Å². The number of carbonyl (C=O) groups is 2. The number of nitrogens with one attached hydrogen (secondary N) is 1. The number of azide groups is 1. The van der Waals surface area contributed by atoms with E-state index in [9.17, 15) is 25.6 Å². The lowest BCUT2D eigenvalue weighted by molar-refractivity contribution is -0.201. The third kappa shape index (κ3) is 4.59. The number of H-pyrrole nitrogens is 1. The summed E-state index contributed by atoms with van der Waals surface area (Å²) >= 11 is 0. The Morgan fingerprint density at radius 2 is 1.91 bits per heavy atom. The van der Waals surface area contributed by atoms with Gasteiger partial charge in [0.05, 0.1) is 25.9 Å². The third-order valence-corrected chi connectivity index (χ3v) is 14.6. The smallest absolute Gasteiger partial charge is 0.322 e. The molecule has 56 heavy (non-hydrogen) atoms. The number of aromatic nitrogens is 1. The van der Waals surface area contributed by atoms with Gasteiger partial charge in [0.2, 0.25) is 0 Å². The molecule has 6 aliphatic rings. The van der Waals surface area contributed by atoms with Crippen LogP contribution in [-0.4, -0.2) is 125 Å². The van der Waals surface area contributed by atoms with Crippen molar-refractivity contribution >= 4 is 28.5 Å².